The summed E-state index contributed by atoms with van der Waals surface area (Å²) in [5.74, 6) is 0.413. The van der Waals surface area contributed by atoms with Crippen molar-refractivity contribution in [3.8, 4) is 5.75 Å². The molecule has 1 heterocycles. The smallest absolute Gasteiger partial charge is 0.246 e. The Kier molecular flexibility index (Phi) is 8.09. The van der Waals surface area contributed by atoms with Crippen LogP contribution in [0.15, 0.2) is 47.4 Å². The average molecular weight is 499 g/mol. The molecule has 0 aromatic heterocycles. The van der Waals surface area contributed by atoms with Crippen molar-refractivity contribution in [1.82, 2.24) is 9.62 Å². The maximum Gasteiger partial charge on any atom is 0.246 e. The molecule has 1 amide bonds. The molecule has 0 aliphatic carbocycles. The van der Waals surface area contributed by atoms with Crippen LogP contribution in [-0.4, -0.2) is 37.8 Å². The minimum absolute atomic E-state index is 0.0669. The van der Waals surface area contributed by atoms with E-state index < -0.39 is 10.0 Å². The molecule has 1 N–H and O–H groups in total. The first-order valence-corrected chi connectivity index (χ1v) is 12.8. The lowest BCUT2D eigenvalue weighted by atomic mass is 9.96. The Labute approximate surface area is 199 Å². The largest absolute Gasteiger partial charge is 0.491 e. The van der Waals surface area contributed by atoms with Gasteiger partial charge in [0.2, 0.25) is 15.9 Å². The molecule has 1 saturated heterocycles. The number of hydrogen-bond donors (Lipinski definition) is 1. The second-order valence-corrected chi connectivity index (χ2v) is 10.9. The van der Waals surface area contributed by atoms with E-state index in [0.29, 0.717) is 12.8 Å². The van der Waals surface area contributed by atoms with Crippen molar-refractivity contribution in [3.05, 3.63) is 58.1 Å². The number of benzene rings is 2. The van der Waals surface area contributed by atoms with Crippen molar-refractivity contribution in [3.63, 3.8) is 0 Å². The molecule has 0 saturated carbocycles. The molecule has 0 spiro atoms. The first-order chi connectivity index (χ1) is 15.1. The first-order valence-electron chi connectivity index (χ1n) is 10.6. The third-order valence-electron chi connectivity index (χ3n) is 5.43. The van der Waals surface area contributed by atoms with E-state index in [1.54, 1.807) is 6.07 Å². The van der Waals surface area contributed by atoms with Gasteiger partial charge in [-0.15, -0.1) is 0 Å². The summed E-state index contributed by atoms with van der Waals surface area (Å²) in [5.41, 5.74) is 0.949. The number of ether oxygens (including phenoxy) is 1. The molecule has 174 valence electrons. The molecule has 9 heteroatoms. The maximum atomic E-state index is 13.0. The molecule has 2 aromatic carbocycles. The van der Waals surface area contributed by atoms with Gasteiger partial charge in [-0.25, -0.2) is 8.42 Å². The lowest BCUT2D eigenvalue weighted by Gasteiger charge is -2.31. The lowest BCUT2D eigenvalue weighted by Crippen LogP contribution is -2.43. The zero-order valence-electron chi connectivity index (χ0n) is 18.3. The summed E-state index contributed by atoms with van der Waals surface area (Å²) in [7, 11) is -3.83. The summed E-state index contributed by atoms with van der Waals surface area (Å²) in [6.07, 6.45) is 0.921. The maximum absolute atomic E-state index is 13.0. The van der Waals surface area contributed by atoms with Gasteiger partial charge in [0.25, 0.3) is 0 Å². The van der Waals surface area contributed by atoms with Crippen LogP contribution in [0.5, 0.6) is 5.75 Å². The molecule has 0 radical (unpaired) electrons. The summed E-state index contributed by atoms with van der Waals surface area (Å²) in [5, 5.41) is 3.23. The number of halogens is 2. The van der Waals surface area contributed by atoms with Gasteiger partial charge >= 0.3 is 0 Å². The second-order valence-electron chi connectivity index (χ2n) is 8.20. The summed E-state index contributed by atoms with van der Waals surface area (Å²) < 4.78 is 33.1. The molecule has 0 bridgehead atoms. The fraction of sp³-hybridized carbons (Fsp3) is 0.435. The standard InChI is InChI=1S/C23H28Cl2N2O4S/c1-15(2)31-19-7-4-6-18(14-19)16(3)26-23(28)17-10-12-27(13-11-17)32(29,30)22-20(24)8-5-9-21(22)25/h4-9,14-17H,10-13H2,1-3H3,(H,26,28). The van der Waals surface area contributed by atoms with Crippen molar-refractivity contribution in [2.45, 2.75) is 50.7 Å². The Morgan fingerprint density at radius 3 is 2.25 bits per heavy atom. The van der Waals surface area contributed by atoms with Crippen LogP contribution in [0.25, 0.3) is 0 Å². The van der Waals surface area contributed by atoms with Crippen LogP contribution < -0.4 is 10.1 Å². The molecule has 3 rings (SSSR count). The van der Waals surface area contributed by atoms with Gasteiger partial charge in [0, 0.05) is 19.0 Å². The first kappa shape index (κ1) is 24.8. The zero-order chi connectivity index (χ0) is 23.5. The van der Waals surface area contributed by atoms with Crippen LogP contribution in [0.1, 0.15) is 45.2 Å². The van der Waals surface area contributed by atoms with E-state index >= 15 is 0 Å². The fourth-order valence-corrected chi connectivity index (χ4v) is 6.32. The van der Waals surface area contributed by atoms with Crippen LogP contribution in [0.2, 0.25) is 10.0 Å². The van der Waals surface area contributed by atoms with Crippen LogP contribution in [0.3, 0.4) is 0 Å². The molecule has 1 fully saturated rings. The molecule has 1 aliphatic heterocycles. The topological polar surface area (TPSA) is 75.7 Å². The van der Waals surface area contributed by atoms with Gasteiger partial charge in [-0.2, -0.15) is 4.31 Å². The van der Waals surface area contributed by atoms with Crippen LogP contribution in [0.4, 0.5) is 0 Å². The highest BCUT2D eigenvalue weighted by atomic mass is 35.5. The molecule has 1 aliphatic rings. The number of amides is 1. The van der Waals surface area contributed by atoms with Gasteiger partial charge in [0.15, 0.2) is 0 Å². The number of nitrogens with one attached hydrogen (secondary N) is 1. The third-order valence-corrected chi connectivity index (χ3v) is 8.28. The van der Waals surface area contributed by atoms with Crippen molar-refractivity contribution >= 4 is 39.1 Å². The minimum Gasteiger partial charge on any atom is -0.491 e. The predicted octanol–water partition coefficient (Wildman–Crippen LogP) is 5.06. The summed E-state index contributed by atoms with van der Waals surface area (Å²) in [4.78, 5) is 12.7. The number of rotatable bonds is 7. The lowest BCUT2D eigenvalue weighted by molar-refractivity contribution is -0.126. The van der Waals surface area contributed by atoms with Gasteiger partial charge in [0.05, 0.1) is 22.2 Å². The SMILES string of the molecule is CC(C)Oc1cccc(C(C)NC(=O)C2CCN(S(=O)(=O)c3c(Cl)cccc3Cl)CC2)c1. The Balaban J connectivity index is 1.61. The third kappa shape index (κ3) is 5.76. The molecule has 6 nitrogen and oxygen atoms in total. The zero-order valence-corrected chi connectivity index (χ0v) is 20.7. The number of carbonyl (C=O) groups is 1. The van der Waals surface area contributed by atoms with E-state index in [9.17, 15) is 13.2 Å². The molecule has 32 heavy (non-hydrogen) atoms. The predicted molar refractivity (Wildman–Crippen MR) is 127 cm³/mol. The monoisotopic (exact) mass is 498 g/mol. The molecule has 2 aromatic rings. The van der Waals surface area contributed by atoms with E-state index in [2.05, 4.69) is 5.32 Å². The van der Waals surface area contributed by atoms with E-state index in [4.69, 9.17) is 27.9 Å². The second kappa shape index (κ2) is 10.4. The van der Waals surface area contributed by atoms with Crippen LogP contribution in [0, 0.1) is 5.92 Å². The Hall–Kier alpha value is -1.80. The number of piperidine rings is 1. The molecule has 1 unspecified atom stereocenters. The normalized spacial score (nSPS) is 16.7. The van der Waals surface area contributed by atoms with Crippen molar-refractivity contribution in [2.24, 2.45) is 5.92 Å². The minimum atomic E-state index is -3.83. The average Bonchev–Trinajstić information content (AvgIpc) is 2.73. The van der Waals surface area contributed by atoms with Crippen LogP contribution in [-0.2, 0) is 14.8 Å². The van der Waals surface area contributed by atoms with Crippen molar-refractivity contribution in [2.75, 3.05) is 13.1 Å². The van der Waals surface area contributed by atoms with E-state index in [1.165, 1.54) is 16.4 Å². The highest BCUT2D eigenvalue weighted by molar-refractivity contribution is 7.89. The van der Waals surface area contributed by atoms with E-state index in [0.717, 1.165) is 11.3 Å². The van der Waals surface area contributed by atoms with E-state index in [1.807, 2.05) is 45.0 Å². The van der Waals surface area contributed by atoms with Crippen molar-refractivity contribution < 1.29 is 17.9 Å². The van der Waals surface area contributed by atoms with Crippen molar-refractivity contribution in [1.29, 1.82) is 0 Å². The van der Waals surface area contributed by atoms with Crippen LogP contribution >= 0.6 is 23.2 Å². The van der Waals surface area contributed by atoms with Gasteiger partial charge in [-0.3, -0.25) is 4.79 Å². The highest BCUT2D eigenvalue weighted by Gasteiger charge is 2.34. The van der Waals surface area contributed by atoms with E-state index in [-0.39, 0.29) is 52.0 Å². The number of carbonyl (C=O) groups excluding carboxylic acids is 1. The highest BCUT2D eigenvalue weighted by Crippen LogP contribution is 2.33. The quantitative estimate of drug-likeness (QED) is 0.578. The number of nitrogens with zero attached hydrogens (tertiary/aromatic N) is 1. The van der Waals surface area contributed by atoms with Gasteiger partial charge in [-0.1, -0.05) is 41.4 Å². The van der Waals surface area contributed by atoms with Gasteiger partial charge in [0.1, 0.15) is 10.6 Å². The molecule has 1 atom stereocenters. The Morgan fingerprint density at radius 2 is 1.66 bits per heavy atom. The number of hydrogen-bond acceptors (Lipinski definition) is 4. The van der Waals surface area contributed by atoms with Gasteiger partial charge in [-0.05, 0) is 63.4 Å². The summed E-state index contributed by atoms with van der Waals surface area (Å²) in [6, 6.07) is 12.1. The summed E-state index contributed by atoms with van der Waals surface area (Å²) in [6.45, 7) is 6.31. The molecular weight excluding hydrogens is 471 g/mol. The number of sulfonamides is 1. The van der Waals surface area contributed by atoms with Gasteiger partial charge < -0.3 is 10.1 Å². The fourth-order valence-electron chi connectivity index (χ4n) is 3.76. The Morgan fingerprint density at radius 1 is 1.06 bits per heavy atom. The Bertz CT molecular complexity index is 1050. The molecular formula is C23H28Cl2N2O4S. The summed E-state index contributed by atoms with van der Waals surface area (Å²) >= 11 is 12.2.